The molecule has 1 heterocycles. The largest absolute Gasteiger partial charge is 0.338 e. The van der Waals surface area contributed by atoms with Crippen LogP contribution in [0.15, 0.2) is 18.2 Å². The number of nitrogens with zero attached hydrogens (tertiary/aromatic N) is 1. The SMILES string of the molecule is Cc1ccc(C(=O)N2CC(C)C(C)C2)c(NN)c1. The molecular formula is C14H21N3O. The van der Waals surface area contributed by atoms with E-state index in [1.54, 1.807) is 0 Å². The van der Waals surface area contributed by atoms with Gasteiger partial charge in [0.2, 0.25) is 0 Å². The normalized spacial score (nSPS) is 23.2. The number of likely N-dealkylation sites (tertiary alicyclic amines) is 1. The number of carbonyl (C=O) groups is 1. The molecule has 0 bridgehead atoms. The Morgan fingerprint density at radius 1 is 1.33 bits per heavy atom. The summed E-state index contributed by atoms with van der Waals surface area (Å²) in [4.78, 5) is 14.4. The van der Waals surface area contributed by atoms with Gasteiger partial charge in [0.05, 0.1) is 11.3 Å². The number of hydrogen-bond donors (Lipinski definition) is 2. The number of nitrogens with two attached hydrogens (primary N) is 1. The van der Waals surface area contributed by atoms with E-state index in [2.05, 4.69) is 19.3 Å². The van der Waals surface area contributed by atoms with E-state index in [9.17, 15) is 4.79 Å². The molecule has 0 aliphatic carbocycles. The van der Waals surface area contributed by atoms with Crippen molar-refractivity contribution in [3.8, 4) is 0 Å². The molecule has 0 saturated carbocycles. The number of aryl methyl sites for hydroxylation is 1. The quantitative estimate of drug-likeness (QED) is 0.621. The minimum atomic E-state index is 0.0687. The minimum Gasteiger partial charge on any atom is -0.338 e. The number of anilines is 1. The maximum Gasteiger partial charge on any atom is 0.256 e. The zero-order chi connectivity index (χ0) is 13.3. The van der Waals surface area contributed by atoms with Gasteiger partial charge in [-0.15, -0.1) is 0 Å². The Balaban J connectivity index is 2.24. The van der Waals surface area contributed by atoms with Crippen molar-refractivity contribution in [2.45, 2.75) is 20.8 Å². The highest BCUT2D eigenvalue weighted by molar-refractivity contribution is 5.99. The van der Waals surface area contributed by atoms with Gasteiger partial charge in [-0.3, -0.25) is 10.6 Å². The van der Waals surface area contributed by atoms with Crippen LogP contribution in [0.25, 0.3) is 0 Å². The molecule has 2 rings (SSSR count). The molecule has 0 radical (unpaired) electrons. The zero-order valence-electron chi connectivity index (χ0n) is 11.2. The van der Waals surface area contributed by atoms with Crippen molar-refractivity contribution in [3.05, 3.63) is 29.3 Å². The first-order valence-corrected chi connectivity index (χ1v) is 6.39. The number of nitrogens with one attached hydrogen (secondary N) is 1. The van der Waals surface area contributed by atoms with Crippen LogP contribution in [0.5, 0.6) is 0 Å². The van der Waals surface area contributed by atoms with Crippen molar-refractivity contribution in [3.63, 3.8) is 0 Å². The molecule has 2 unspecified atom stereocenters. The Labute approximate surface area is 108 Å². The van der Waals surface area contributed by atoms with E-state index in [4.69, 9.17) is 5.84 Å². The van der Waals surface area contributed by atoms with Gasteiger partial charge in [0.15, 0.2) is 0 Å². The fraction of sp³-hybridized carbons (Fsp3) is 0.500. The first-order valence-electron chi connectivity index (χ1n) is 6.39. The predicted molar refractivity (Wildman–Crippen MR) is 73.2 cm³/mol. The first-order chi connectivity index (χ1) is 8.52. The lowest BCUT2D eigenvalue weighted by atomic mass is 10.0. The van der Waals surface area contributed by atoms with Gasteiger partial charge in [-0.2, -0.15) is 0 Å². The van der Waals surface area contributed by atoms with E-state index in [0.29, 0.717) is 23.1 Å². The van der Waals surface area contributed by atoms with Gasteiger partial charge in [-0.1, -0.05) is 19.9 Å². The topological polar surface area (TPSA) is 58.4 Å². The van der Waals surface area contributed by atoms with Crippen molar-refractivity contribution >= 4 is 11.6 Å². The number of benzene rings is 1. The molecule has 1 amide bonds. The third-order valence-corrected chi connectivity index (χ3v) is 3.84. The van der Waals surface area contributed by atoms with E-state index in [-0.39, 0.29) is 5.91 Å². The summed E-state index contributed by atoms with van der Waals surface area (Å²) < 4.78 is 0. The lowest BCUT2D eigenvalue weighted by molar-refractivity contribution is 0.0786. The van der Waals surface area contributed by atoms with E-state index >= 15 is 0 Å². The monoisotopic (exact) mass is 247 g/mol. The summed E-state index contributed by atoms with van der Waals surface area (Å²) in [5, 5.41) is 0. The Bertz CT molecular complexity index is 448. The molecule has 1 aromatic rings. The van der Waals surface area contributed by atoms with Crippen LogP contribution in [0.4, 0.5) is 5.69 Å². The highest BCUT2D eigenvalue weighted by atomic mass is 16.2. The van der Waals surface area contributed by atoms with Crippen LogP contribution < -0.4 is 11.3 Å². The molecule has 1 saturated heterocycles. The molecule has 4 heteroatoms. The molecule has 98 valence electrons. The third kappa shape index (κ3) is 2.34. The van der Waals surface area contributed by atoms with Crippen LogP contribution in [-0.4, -0.2) is 23.9 Å². The lowest BCUT2D eigenvalue weighted by Gasteiger charge is -2.18. The Morgan fingerprint density at radius 2 is 1.94 bits per heavy atom. The van der Waals surface area contributed by atoms with Crippen molar-refractivity contribution in [2.75, 3.05) is 18.5 Å². The first kappa shape index (κ1) is 12.9. The summed E-state index contributed by atoms with van der Waals surface area (Å²) >= 11 is 0. The highest BCUT2D eigenvalue weighted by Gasteiger charge is 2.30. The fourth-order valence-corrected chi connectivity index (χ4v) is 2.43. The van der Waals surface area contributed by atoms with Gasteiger partial charge in [0.1, 0.15) is 0 Å². The number of nitrogen functional groups attached to an aromatic ring is 1. The van der Waals surface area contributed by atoms with Crippen LogP contribution >= 0.6 is 0 Å². The zero-order valence-corrected chi connectivity index (χ0v) is 11.2. The number of hydrazine groups is 1. The van der Waals surface area contributed by atoms with Crippen molar-refractivity contribution < 1.29 is 4.79 Å². The van der Waals surface area contributed by atoms with E-state index < -0.39 is 0 Å². The Hall–Kier alpha value is -1.55. The molecule has 1 aliphatic rings. The smallest absolute Gasteiger partial charge is 0.256 e. The number of amides is 1. The molecule has 1 aromatic carbocycles. The number of carbonyl (C=O) groups excluding carboxylic acids is 1. The average molecular weight is 247 g/mol. The van der Waals surface area contributed by atoms with Gasteiger partial charge in [-0.05, 0) is 36.5 Å². The molecule has 1 fully saturated rings. The number of hydrogen-bond acceptors (Lipinski definition) is 3. The van der Waals surface area contributed by atoms with Crippen LogP contribution in [0, 0.1) is 18.8 Å². The maximum atomic E-state index is 12.5. The summed E-state index contributed by atoms with van der Waals surface area (Å²) in [5.41, 5.74) is 5.06. The van der Waals surface area contributed by atoms with Crippen LogP contribution in [-0.2, 0) is 0 Å². The summed E-state index contributed by atoms with van der Waals surface area (Å²) in [6.07, 6.45) is 0. The molecule has 4 nitrogen and oxygen atoms in total. The molecular weight excluding hydrogens is 226 g/mol. The highest BCUT2D eigenvalue weighted by Crippen LogP contribution is 2.26. The summed E-state index contributed by atoms with van der Waals surface area (Å²) in [7, 11) is 0. The van der Waals surface area contributed by atoms with Crippen LogP contribution in [0.1, 0.15) is 29.8 Å². The molecule has 3 N–H and O–H groups in total. The van der Waals surface area contributed by atoms with E-state index in [1.165, 1.54) is 0 Å². The van der Waals surface area contributed by atoms with Crippen LogP contribution in [0.3, 0.4) is 0 Å². The standard InChI is InChI=1S/C14H21N3O/c1-9-4-5-12(13(6-9)16-15)14(18)17-7-10(2)11(3)8-17/h4-6,10-11,16H,7-8,15H2,1-3H3. The van der Waals surface area contributed by atoms with Gasteiger partial charge in [0.25, 0.3) is 5.91 Å². The van der Waals surface area contributed by atoms with Gasteiger partial charge < -0.3 is 10.3 Å². The van der Waals surface area contributed by atoms with Crippen molar-refractivity contribution in [1.82, 2.24) is 4.90 Å². The van der Waals surface area contributed by atoms with Crippen molar-refractivity contribution in [1.29, 1.82) is 0 Å². The summed E-state index contributed by atoms with van der Waals surface area (Å²) in [6, 6.07) is 5.69. The fourth-order valence-electron chi connectivity index (χ4n) is 2.43. The maximum absolute atomic E-state index is 12.5. The second-order valence-corrected chi connectivity index (χ2v) is 5.36. The Morgan fingerprint density at radius 3 is 2.50 bits per heavy atom. The second-order valence-electron chi connectivity index (χ2n) is 5.36. The van der Waals surface area contributed by atoms with Crippen LogP contribution in [0.2, 0.25) is 0 Å². The molecule has 18 heavy (non-hydrogen) atoms. The second kappa shape index (κ2) is 4.98. The molecule has 2 atom stereocenters. The van der Waals surface area contributed by atoms with Crippen molar-refractivity contribution in [2.24, 2.45) is 17.7 Å². The molecule has 1 aliphatic heterocycles. The van der Waals surface area contributed by atoms with E-state index in [0.717, 1.165) is 18.7 Å². The van der Waals surface area contributed by atoms with Gasteiger partial charge in [0, 0.05) is 13.1 Å². The lowest BCUT2D eigenvalue weighted by Crippen LogP contribution is -2.30. The average Bonchev–Trinajstić information content (AvgIpc) is 2.68. The molecule has 0 spiro atoms. The van der Waals surface area contributed by atoms with Gasteiger partial charge >= 0.3 is 0 Å². The summed E-state index contributed by atoms with van der Waals surface area (Å²) in [5.74, 6) is 6.69. The summed E-state index contributed by atoms with van der Waals surface area (Å²) in [6.45, 7) is 8.02. The van der Waals surface area contributed by atoms with E-state index in [1.807, 2.05) is 30.0 Å². The minimum absolute atomic E-state index is 0.0687. The Kier molecular flexibility index (Phi) is 3.57. The molecule has 0 aromatic heterocycles. The number of rotatable bonds is 2. The predicted octanol–water partition coefficient (Wildman–Crippen LogP) is 2.01. The van der Waals surface area contributed by atoms with Gasteiger partial charge in [-0.25, -0.2) is 0 Å². The third-order valence-electron chi connectivity index (χ3n) is 3.84.